The van der Waals surface area contributed by atoms with E-state index in [1.807, 2.05) is 13.8 Å². The van der Waals surface area contributed by atoms with Crippen LogP contribution in [0, 0.1) is 35.1 Å². The molecule has 0 aromatic rings. The zero-order valence-electron chi connectivity index (χ0n) is 23.5. The second-order valence-electron chi connectivity index (χ2n) is 10.3. The molecule has 0 saturated heterocycles. The molecule has 0 aromatic carbocycles. The summed E-state index contributed by atoms with van der Waals surface area (Å²) in [6.45, 7) is 19.9. The molecule has 0 aliphatic carbocycles. The molecule has 184 valence electrons. The zero-order valence-corrected chi connectivity index (χ0v) is 24.5. The topological polar surface area (TPSA) is 9.23 Å². The highest BCUT2D eigenvalue weighted by Crippen LogP contribution is 2.20. The number of allylic oxidation sites excluding steroid dienone is 4. The molecule has 0 bridgehead atoms. The van der Waals surface area contributed by atoms with Gasteiger partial charge in [-0.1, -0.05) is 103 Å². The Bertz CT molecular complexity index is 829. The third kappa shape index (κ3) is 15.0. The lowest BCUT2D eigenvalue weighted by Gasteiger charge is -2.15. The lowest BCUT2D eigenvalue weighted by molar-refractivity contribution is 0.0741. The van der Waals surface area contributed by atoms with Crippen molar-refractivity contribution in [2.75, 3.05) is 7.11 Å². The molecule has 0 aliphatic rings. The summed E-state index contributed by atoms with van der Waals surface area (Å²) in [6, 6.07) is 0. The lowest BCUT2D eigenvalue weighted by Crippen LogP contribution is -2.19. The van der Waals surface area contributed by atoms with E-state index in [1.54, 1.807) is 7.11 Å². The average molecular weight is 467 g/mol. The molecule has 0 atom stereocenters. The third-order valence-corrected chi connectivity index (χ3v) is 6.14. The second-order valence-corrected chi connectivity index (χ2v) is 15.1. The Labute approximate surface area is 208 Å². The molecule has 1 nitrogen and oxygen atoms in total. The highest BCUT2D eigenvalue weighted by molar-refractivity contribution is 6.83. The van der Waals surface area contributed by atoms with E-state index >= 15 is 0 Å². The summed E-state index contributed by atoms with van der Waals surface area (Å²) < 4.78 is 5.54. The Balaban J connectivity index is 6.69. The molecule has 0 unspecified atom stereocenters. The molecule has 0 radical (unpaired) electrons. The second kappa shape index (κ2) is 16.9. The van der Waals surface area contributed by atoms with Crippen molar-refractivity contribution < 1.29 is 4.74 Å². The van der Waals surface area contributed by atoms with E-state index in [0.717, 1.165) is 57.8 Å². The number of hydrogen-bond acceptors (Lipinski definition) is 1. The molecule has 0 aromatic heterocycles. The zero-order chi connectivity index (χ0) is 25.3. The average Bonchev–Trinajstić information content (AvgIpc) is 2.76. The molecule has 0 aliphatic heterocycles. The van der Waals surface area contributed by atoms with Crippen LogP contribution in [0.15, 0.2) is 22.3 Å². The highest BCUT2D eigenvalue weighted by Gasteiger charge is 2.12. The minimum atomic E-state index is -1.43. The van der Waals surface area contributed by atoms with Gasteiger partial charge in [-0.15, -0.1) is 5.54 Å². The first-order valence-electron chi connectivity index (χ1n) is 13.1. The van der Waals surface area contributed by atoms with Gasteiger partial charge in [0.05, 0.1) is 0 Å². The number of ether oxygens (including phenoxy) is 1. The summed E-state index contributed by atoms with van der Waals surface area (Å²) in [5.41, 5.74) is 8.04. The van der Waals surface area contributed by atoms with E-state index in [0.29, 0.717) is 0 Å². The Morgan fingerprint density at radius 2 is 1.06 bits per heavy atom. The predicted octanol–water partition coefficient (Wildman–Crippen LogP) is 8.87. The van der Waals surface area contributed by atoms with Crippen LogP contribution in [0.2, 0.25) is 19.6 Å². The molecule has 0 amide bonds. The van der Waals surface area contributed by atoms with Crippen LogP contribution >= 0.6 is 0 Å². The number of methoxy groups -OCH3 is 1. The van der Waals surface area contributed by atoms with Crippen molar-refractivity contribution in [1.29, 1.82) is 0 Å². The Morgan fingerprint density at radius 3 is 1.45 bits per heavy atom. The third-order valence-electron chi connectivity index (χ3n) is 5.27. The normalized spacial score (nSPS) is 12.9. The van der Waals surface area contributed by atoms with Gasteiger partial charge in [0.25, 0.3) is 0 Å². The van der Waals surface area contributed by atoms with Gasteiger partial charge in [-0.3, -0.25) is 0 Å². The Kier molecular flexibility index (Phi) is 16.0. The molecule has 0 fully saturated rings. The summed E-state index contributed by atoms with van der Waals surface area (Å²) in [7, 11) is 0.289. The highest BCUT2D eigenvalue weighted by atomic mass is 28.3. The number of rotatable bonds is 11. The summed E-state index contributed by atoms with van der Waals surface area (Å²) in [5.74, 6) is 17.6. The van der Waals surface area contributed by atoms with Crippen LogP contribution in [0.25, 0.3) is 0 Å². The van der Waals surface area contributed by atoms with E-state index in [2.05, 4.69) is 82.5 Å². The van der Waals surface area contributed by atoms with Gasteiger partial charge in [-0.05, 0) is 52.4 Å². The first-order valence-corrected chi connectivity index (χ1v) is 16.6. The van der Waals surface area contributed by atoms with Gasteiger partial charge in [0.15, 0.2) is 0 Å². The van der Waals surface area contributed by atoms with Crippen molar-refractivity contribution in [2.24, 2.45) is 0 Å². The van der Waals surface area contributed by atoms with Gasteiger partial charge in [-0.2, -0.15) is 0 Å². The van der Waals surface area contributed by atoms with Gasteiger partial charge in [0, 0.05) is 29.4 Å². The van der Waals surface area contributed by atoms with E-state index in [1.165, 1.54) is 28.7 Å². The van der Waals surface area contributed by atoms with Crippen molar-refractivity contribution in [2.45, 2.75) is 131 Å². The number of unbranched alkanes of at least 4 members (excludes halogenated alkanes) is 2. The summed E-state index contributed by atoms with van der Waals surface area (Å²) in [5, 5.41) is 0. The maximum Gasteiger partial charge on any atom is 0.129 e. The van der Waals surface area contributed by atoms with Crippen LogP contribution in [0.3, 0.4) is 0 Å². The Morgan fingerprint density at radius 1 is 0.636 bits per heavy atom. The molecule has 0 saturated carbocycles. The summed E-state index contributed by atoms with van der Waals surface area (Å²) >= 11 is 0. The van der Waals surface area contributed by atoms with Crippen molar-refractivity contribution in [3.05, 3.63) is 22.3 Å². The summed E-state index contributed by atoms with van der Waals surface area (Å²) in [6.07, 6.45) is 10.8. The fourth-order valence-corrected chi connectivity index (χ4v) is 3.58. The molecule has 2 heteroatoms. The molecule has 0 spiro atoms. The lowest BCUT2D eigenvalue weighted by atomic mass is 9.96. The van der Waals surface area contributed by atoms with Crippen LogP contribution in [0.4, 0.5) is 0 Å². The minimum Gasteiger partial charge on any atom is -0.366 e. The molecular weight excluding hydrogens is 416 g/mol. The van der Waals surface area contributed by atoms with E-state index in [9.17, 15) is 0 Å². The van der Waals surface area contributed by atoms with E-state index < -0.39 is 13.7 Å². The summed E-state index contributed by atoms with van der Waals surface area (Å²) in [4.78, 5) is 0. The van der Waals surface area contributed by atoms with Crippen molar-refractivity contribution in [3.8, 4) is 35.1 Å². The van der Waals surface area contributed by atoms with Crippen molar-refractivity contribution in [3.63, 3.8) is 0 Å². The van der Waals surface area contributed by atoms with Crippen LogP contribution in [0.5, 0.6) is 0 Å². The molecule has 0 rings (SSSR count). The first kappa shape index (κ1) is 31.3. The molecular formula is C31H50OSi. The Hall–Kier alpha value is -1.66. The van der Waals surface area contributed by atoms with Crippen LogP contribution in [0.1, 0.15) is 106 Å². The maximum atomic E-state index is 5.54. The van der Waals surface area contributed by atoms with E-state index in [-0.39, 0.29) is 0 Å². The fourth-order valence-electron chi connectivity index (χ4n) is 3.05. The van der Waals surface area contributed by atoms with Crippen molar-refractivity contribution in [1.82, 2.24) is 0 Å². The predicted molar refractivity (Wildman–Crippen MR) is 151 cm³/mol. The monoisotopic (exact) mass is 466 g/mol. The molecule has 0 heterocycles. The van der Waals surface area contributed by atoms with Crippen LogP contribution in [-0.4, -0.2) is 20.8 Å². The first-order chi connectivity index (χ1) is 15.5. The van der Waals surface area contributed by atoms with Crippen molar-refractivity contribution >= 4 is 8.07 Å². The van der Waals surface area contributed by atoms with Gasteiger partial charge < -0.3 is 4.74 Å². The van der Waals surface area contributed by atoms with Gasteiger partial charge in [0.2, 0.25) is 0 Å². The maximum absolute atomic E-state index is 5.54. The largest absolute Gasteiger partial charge is 0.366 e. The SMILES string of the molecule is CCCC/C(C#C/C(CCC)=C(/C#CC(C)(C)OC)CCCC)=C(\C#C[Si](C)(C)C)CCC. The van der Waals surface area contributed by atoms with Crippen LogP contribution in [-0.2, 0) is 4.74 Å². The standard InChI is InChI=1S/C31H50OSi/c1-11-15-19-29(28(18-14-4)24-26-33(8,9)10)22-21-27(17-13-3)30(20-16-12-2)23-25-31(5,6)32-7/h11-20H2,1-10H3/b29-28+,30-27+. The smallest absolute Gasteiger partial charge is 0.129 e. The number of hydrogen-bond donors (Lipinski definition) is 0. The fraction of sp³-hybridized carbons (Fsp3) is 0.677. The quantitative estimate of drug-likeness (QED) is 0.218. The van der Waals surface area contributed by atoms with E-state index in [4.69, 9.17) is 4.74 Å². The van der Waals surface area contributed by atoms with Gasteiger partial charge >= 0.3 is 0 Å². The van der Waals surface area contributed by atoms with Gasteiger partial charge in [-0.25, -0.2) is 0 Å². The van der Waals surface area contributed by atoms with Crippen LogP contribution < -0.4 is 0 Å². The molecule has 0 N–H and O–H groups in total. The molecule has 33 heavy (non-hydrogen) atoms. The van der Waals surface area contributed by atoms with Gasteiger partial charge in [0.1, 0.15) is 13.7 Å². The minimum absolute atomic E-state index is 0.449.